The molecule has 0 aliphatic carbocycles. The number of imidazole rings is 1. The SMILES string of the molecule is CCc1nc(CN2CCC(c3cccc4c3OC(C)(c3ccc(Cl)cc3F)O4)CC2)n(CC2CCO2)c1C(=O)O. The molecule has 10 heteroatoms. The minimum atomic E-state index is -1.28. The van der Waals surface area contributed by atoms with Gasteiger partial charge in [0.15, 0.2) is 17.2 Å². The molecule has 2 fully saturated rings. The first-order chi connectivity index (χ1) is 19.3. The van der Waals surface area contributed by atoms with E-state index < -0.39 is 17.6 Å². The van der Waals surface area contributed by atoms with Gasteiger partial charge in [-0.1, -0.05) is 30.7 Å². The number of nitrogens with zero attached hydrogens (tertiary/aromatic N) is 3. The lowest BCUT2D eigenvalue weighted by atomic mass is 9.88. The number of carbonyl (C=O) groups is 1. The van der Waals surface area contributed by atoms with Crippen molar-refractivity contribution < 1.29 is 28.5 Å². The van der Waals surface area contributed by atoms with Crippen LogP contribution in [0.25, 0.3) is 0 Å². The second kappa shape index (κ2) is 10.7. The largest absolute Gasteiger partial charge is 0.477 e. The molecule has 8 nitrogen and oxygen atoms in total. The van der Waals surface area contributed by atoms with Crippen LogP contribution in [0.5, 0.6) is 11.5 Å². The molecule has 0 bridgehead atoms. The quantitative estimate of drug-likeness (QED) is 0.370. The third-order valence-corrected chi connectivity index (χ3v) is 8.49. The Morgan fingerprint density at radius 3 is 2.62 bits per heavy atom. The number of hydrogen-bond acceptors (Lipinski definition) is 6. The zero-order chi connectivity index (χ0) is 28.0. The molecule has 6 rings (SSSR count). The number of likely N-dealkylation sites (tertiary alicyclic amines) is 1. The molecule has 0 saturated carbocycles. The highest BCUT2D eigenvalue weighted by molar-refractivity contribution is 6.30. The van der Waals surface area contributed by atoms with Gasteiger partial charge in [0.1, 0.15) is 11.6 Å². The Kier molecular flexibility index (Phi) is 7.23. The molecule has 2 saturated heterocycles. The minimum Gasteiger partial charge on any atom is -0.477 e. The Bertz CT molecular complexity index is 1430. The fourth-order valence-electron chi connectivity index (χ4n) is 6.03. The molecule has 2 atom stereocenters. The summed E-state index contributed by atoms with van der Waals surface area (Å²) >= 11 is 5.96. The number of carboxylic acid groups (broad SMARTS) is 1. The molecule has 2 unspecified atom stereocenters. The summed E-state index contributed by atoms with van der Waals surface area (Å²) in [5.41, 5.74) is 2.25. The predicted molar refractivity (Wildman–Crippen MR) is 147 cm³/mol. The molecule has 0 radical (unpaired) electrons. The van der Waals surface area contributed by atoms with Crippen molar-refractivity contribution >= 4 is 17.6 Å². The van der Waals surface area contributed by atoms with Crippen molar-refractivity contribution in [1.29, 1.82) is 0 Å². The van der Waals surface area contributed by atoms with E-state index in [1.165, 1.54) is 6.07 Å². The van der Waals surface area contributed by atoms with E-state index in [0.717, 1.165) is 50.3 Å². The van der Waals surface area contributed by atoms with Crippen LogP contribution < -0.4 is 9.47 Å². The van der Waals surface area contributed by atoms with Crippen LogP contribution in [-0.2, 0) is 30.0 Å². The maximum absolute atomic E-state index is 14.8. The number of ether oxygens (including phenoxy) is 3. The first-order valence-electron chi connectivity index (χ1n) is 13.9. The highest BCUT2D eigenvalue weighted by Crippen LogP contribution is 2.49. The first-order valence-corrected chi connectivity index (χ1v) is 14.3. The number of rotatable bonds is 8. The second-order valence-corrected chi connectivity index (χ2v) is 11.3. The van der Waals surface area contributed by atoms with E-state index in [1.807, 2.05) is 23.6 Å². The van der Waals surface area contributed by atoms with Crippen LogP contribution in [0.2, 0.25) is 5.02 Å². The number of aromatic nitrogens is 2. The average Bonchev–Trinajstić information content (AvgIpc) is 3.43. The number of hydrogen-bond donors (Lipinski definition) is 1. The molecule has 0 spiro atoms. The second-order valence-electron chi connectivity index (χ2n) is 10.9. The normalized spacial score (nSPS) is 22.9. The van der Waals surface area contributed by atoms with E-state index in [2.05, 4.69) is 11.0 Å². The van der Waals surface area contributed by atoms with Gasteiger partial charge in [-0.3, -0.25) is 4.90 Å². The average molecular weight is 570 g/mol. The van der Waals surface area contributed by atoms with Crippen molar-refractivity contribution in [3.8, 4) is 11.5 Å². The smallest absolute Gasteiger partial charge is 0.354 e. The molecular weight excluding hydrogens is 537 g/mol. The fraction of sp³-hybridized carbons (Fsp3) is 0.467. The summed E-state index contributed by atoms with van der Waals surface area (Å²) < 4.78 is 34.7. The van der Waals surface area contributed by atoms with Gasteiger partial charge >= 0.3 is 5.97 Å². The summed E-state index contributed by atoms with van der Waals surface area (Å²) in [4.78, 5) is 19.2. The van der Waals surface area contributed by atoms with Crippen LogP contribution in [0.4, 0.5) is 4.39 Å². The number of carboxylic acids is 1. The monoisotopic (exact) mass is 569 g/mol. The van der Waals surface area contributed by atoms with Crippen LogP contribution in [0.15, 0.2) is 36.4 Å². The van der Waals surface area contributed by atoms with E-state index in [-0.39, 0.29) is 17.7 Å². The Morgan fingerprint density at radius 2 is 1.98 bits per heavy atom. The summed E-state index contributed by atoms with van der Waals surface area (Å²) in [6, 6.07) is 10.4. The lowest BCUT2D eigenvalue weighted by Crippen LogP contribution is -2.36. The molecule has 1 aromatic heterocycles. The molecule has 4 heterocycles. The van der Waals surface area contributed by atoms with Crippen LogP contribution >= 0.6 is 11.6 Å². The zero-order valence-electron chi connectivity index (χ0n) is 22.7. The van der Waals surface area contributed by atoms with E-state index in [9.17, 15) is 14.3 Å². The van der Waals surface area contributed by atoms with Gasteiger partial charge in [-0.2, -0.15) is 0 Å². The molecule has 3 aliphatic heterocycles. The van der Waals surface area contributed by atoms with Gasteiger partial charge in [-0.25, -0.2) is 14.2 Å². The number of piperidine rings is 1. The van der Waals surface area contributed by atoms with Crippen molar-refractivity contribution in [2.75, 3.05) is 19.7 Å². The van der Waals surface area contributed by atoms with Crippen molar-refractivity contribution in [3.63, 3.8) is 0 Å². The highest BCUT2D eigenvalue weighted by atomic mass is 35.5. The van der Waals surface area contributed by atoms with E-state index in [1.54, 1.807) is 19.1 Å². The maximum Gasteiger partial charge on any atom is 0.354 e. The number of aromatic carboxylic acids is 1. The van der Waals surface area contributed by atoms with Crippen LogP contribution in [0.1, 0.15) is 72.2 Å². The molecule has 3 aromatic rings. The van der Waals surface area contributed by atoms with Gasteiger partial charge < -0.3 is 23.9 Å². The molecule has 212 valence electrons. The van der Waals surface area contributed by atoms with Gasteiger partial charge in [-0.15, -0.1) is 0 Å². The number of benzene rings is 2. The Hall–Kier alpha value is -3.14. The van der Waals surface area contributed by atoms with Gasteiger partial charge in [-0.05, 0) is 69.0 Å². The molecule has 1 N–H and O–H groups in total. The summed E-state index contributed by atoms with van der Waals surface area (Å²) in [6.07, 6.45) is 3.32. The maximum atomic E-state index is 14.8. The third-order valence-electron chi connectivity index (χ3n) is 8.26. The lowest BCUT2D eigenvalue weighted by molar-refractivity contribution is -0.0712. The number of para-hydroxylation sites is 1. The van der Waals surface area contributed by atoms with Crippen molar-refractivity contribution in [2.45, 2.75) is 70.4 Å². The summed E-state index contributed by atoms with van der Waals surface area (Å²) in [5, 5.41) is 10.2. The van der Waals surface area contributed by atoms with Gasteiger partial charge in [0.2, 0.25) is 0 Å². The number of fused-ring (bicyclic) bond motifs is 1. The molecule has 3 aliphatic rings. The summed E-state index contributed by atoms with van der Waals surface area (Å²) in [5.74, 6) is -0.417. The van der Waals surface area contributed by atoms with Crippen molar-refractivity contribution in [1.82, 2.24) is 14.5 Å². The van der Waals surface area contributed by atoms with E-state index in [0.29, 0.717) is 47.3 Å². The number of aryl methyl sites for hydroxylation is 1. The van der Waals surface area contributed by atoms with Gasteiger partial charge in [0, 0.05) is 24.1 Å². The lowest BCUT2D eigenvalue weighted by Gasteiger charge is -2.33. The van der Waals surface area contributed by atoms with E-state index >= 15 is 0 Å². The first kappa shape index (κ1) is 27.1. The summed E-state index contributed by atoms with van der Waals surface area (Å²) in [7, 11) is 0. The van der Waals surface area contributed by atoms with Crippen LogP contribution in [0.3, 0.4) is 0 Å². The highest BCUT2D eigenvalue weighted by Gasteiger charge is 2.43. The third kappa shape index (κ3) is 4.95. The fourth-order valence-corrected chi connectivity index (χ4v) is 6.19. The Balaban J connectivity index is 1.17. The zero-order valence-corrected chi connectivity index (χ0v) is 23.4. The van der Waals surface area contributed by atoms with Gasteiger partial charge in [0.25, 0.3) is 5.79 Å². The number of halogens is 2. The molecule has 40 heavy (non-hydrogen) atoms. The Labute approximate surface area is 237 Å². The molecule has 0 amide bonds. The van der Waals surface area contributed by atoms with Crippen LogP contribution in [-0.4, -0.2) is 51.3 Å². The Morgan fingerprint density at radius 1 is 1.20 bits per heavy atom. The minimum absolute atomic E-state index is 0.0379. The molecule has 2 aromatic carbocycles. The predicted octanol–water partition coefficient (Wildman–Crippen LogP) is 5.75. The topological polar surface area (TPSA) is 86.0 Å². The van der Waals surface area contributed by atoms with Crippen LogP contribution in [0, 0.1) is 5.82 Å². The standard InChI is InChI=1S/C30H33ClFN3O5/c1-3-24-27(29(36)37)35(16-20-11-14-38-20)26(33-24)17-34-12-9-18(10-13-34)21-5-4-6-25-28(21)40-30(2,39-25)22-8-7-19(31)15-23(22)32/h4-8,15,18,20H,3,9-14,16-17H2,1-2H3,(H,36,37). The van der Waals surface area contributed by atoms with Crippen molar-refractivity contribution in [3.05, 3.63) is 75.6 Å². The van der Waals surface area contributed by atoms with E-state index in [4.69, 9.17) is 30.8 Å². The molecular formula is C30H33ClFN3O5. The van der Waals surface area contributed by atoms with Gasteiger partial charge in [0.05, 0.1) is 30.5 Å². The summed E-state index contributed by atoms with van der Waals surface area (Å²) in [6.45, 7) is 7.13. The van der Waals surface area contributed by atoms with Crippen molar-refractivity contribution in [2.24, 2.45) is 0 Å².